The minimum absolute atomic E-state index is 0.0151. The summed E-state index contributed by atoms with van der Waals surface area (Å²) in [5.41, 5.74) is -1.68. The summed E-state index contributed by atoms with van der Waals surface area (Å²) in [4.78, 5) is 34.3. The molecule has 2 aliphatic carbocycles. The second kappa shape index (κ2) is 5.50. The number of rotatable bonds is 5. The molecule has 1 saturated heterocycles. The maximum absolute atomic E-state index is 14.4. The van der Waals surface area contributed by atoms with Gasteiger partial charge in [-0.2, -0.15) is 0 Å². The number of hydrogen-bond acceptors (Lipinski definition) is 7. The lowest BCUT2D eigenvalue weighted by molar-refractivity contribution is -0.150. The van der Waals surface area contributed by atoms with Crippen LogP contribution in [0.5, 0.6) is 0 Å². The van der Waals surface area contributed by atoms with Crippen LogP contribution in [0.15, 0.2) is 12.2 Å². The fourth-order valence-electron chi connectivity index (χ4n) is 3.57. The number of fused-ring (bicyclic) bond motifs is 1. The lowest BCUT2D eigenvalue weighted by Gasteiger charge is -2.26. The molecular weight excluding hydrogens is 311 g/mol. The third-order valence-corrected chi connectivity index (χ3v) is 4.59. The van der Waals surface area contributed by atoms with Gasteiger partial charge in [0.05, 0.1) is 0 Å². The monoisotopic (exact) mass is 328 g/mol. The maximum Gasteiger partial charge on any atom is 0.508 e. The lowest BCUT2D eigenvalue weighted by Crippen LogP contribution is -2.42. The van der Waals surface area contributed by atoms with Crippen molar-refractivity contribution in [1.82, 2.24) is 0 Å². The first kappa shape index (κ1) is 15.8. The van der Waals surface area contributed by atoms with Crippen LogP contribution in [0.4, 0.5) is 9.18 Å². The zero-order valence-corrected chi connectivity index (χ0v) is 12.6. The largest absolute Gasteiger partial charge is 0.508 e. The van der Waals surface area contributed by atoms with E-state index in [9.17, 15) is 18.8 Å². The molecule has 0 aromatic heterocycles. The smallest absolute Gasteiger partial charge is 0.459 e. The minimum atomic E-state index is -1.92. The van der Waals surface area contributed by atoms with E-state index in [0.29, 0.717) is 6.42 Å². The molecule has 5 atom stereocenters. The van der Waals surface area contributed by atoms with E-state index in [0.717, 1.165) is 0 Å². The average molecular weight is 328 g/mol. The average Bonchev–Trinajstić information content (AvgIpc) is 3.04. The molecule has 0 spiro atoms. The van der Waals surface area contributed by atoms with Crippen LogP contribution in [0, 0.1) is 11.8 Å². The molecule has 0 N–H and O–H groups in total. The Labute approximate surface area is 131 Å². The van der Waals surface area contributed by atoms with Crippen molar-refractivity contribution in [1.29, 1.82) is 0 Å². The van der Waals surface area contributed by atoms with E-state index in [1.165, 1.54) is 6.92 Å². The first-order valence-electron chi connectivity index (χ1n) is 7.39. The van der Waals surface area contributed by atoms with Gasteiger partial charge in [-0.05, 0) is 19.8 Å². The Balaban J connectivity index is 1.44. The second-order valence-electron chi connectivity index (χ2n) is 6.14. The summed E-state index contributed by atoms with van der Waals surface area (Å²) in [5.74, 6) is -2.22. The van der Waals surface area contributed by atoms with Crippen molar-refractivity contribution in [3.8, 4) is 0 Å². The predicted octanol–water partition coefficient (Wildman–Crippen LogP) is 1.30. The molecule has 1 aliphatic heterocycles. The molecule has 126 valence electrons. The summed E-state index contributed by atoms with van der Waals surface area (Å²) in [6.07, 6.45) is -1.90. The molecule has 0 aromatic rings. The third-order valence-electron chi connectivity index (χ3n) is 4.59. The Morgan fingerprint density at radius 3 is 2.78 bits per heavy atom. The molecule has 0 amide bonds. The van der Waals surface area contributed by atoms with Gasteiger partial charge in [-0.3, -0.25) is 0 Å². The summed E-state index contributed by atoms with van der Waals surface area (Å²) in [6.45, 7) is 4.62. The van der Waals surface area contributed by atoms with Crippen molar-refractivity contribution < 1.29 is 37.7 Å². The molecule has 23 heavy (non-hydrogen) atoms. The molecule has 2 saturated carbocycles. The van der Waals surface area contributed by atoms with E-state index in [1.54, 1.807) is 0 Å². The SMILES string of the molecule is C=C(C)C(=O)OCCOC(=O)OC1C2CC3C1OC(=O)C3(F)C2. The zero-order valence-electron chi connectivity index (χ0n) is 12.6. The van der Waals surface area contributed by atoms with Gasteiger partial charge in [0.1, 0.15) is 25.4 Å². The molecule has 0 aromatic carbocycles. The predicted molar refractivity (Wildman–Crippen MR) is 71.9 cm³/mol. The second-order valence-corrected chi connectivity index (χ2v) is 6.14. The summed E-state index contributed by atoms with van der Waals surface area (Å²) < 4.78 is 34.1. The van der Waals surface area contributed by atoms with Crippen molar-refractivity contribution >= 4 is 18.1 Å². The first-order valence-corrected chi connectivity index (χ1v) is 7.39. The third kappa shape index (κ3) is 2.55. The normalized spacial score (nSPS) is 36.5. The Morgan fingerprint density at radius 2 is 2.09 bits per heavy atom. The molecule has 3 fully saturated rings. The quantitative estimate of drug-likeness (QED) is 0.325. The number of hydrogen-bond donors (Lipinski definition) is 0. The van der Waals surface area contributed by atoms with Crippen LogP contribution < -0.4 is 0 Å². The number of ether oxygens (including phenoxy) is 4. The standard InChI is InChI=1S/C15H17FO7/c1-7(2)12(17)20-3-4-21-14(19)23-10-8-5-9-11(10)22-13(18)15(9,16)6-8/h8-11H,1,3-6H2,2H3. The summed E-state index contributed by atoms with van der Waals surface area (Å²) in [6, 6.07) is 0. The Hall–Kier alpha value is -2.12. The summed E-state index contributed by atoms with van der Waals surface area (Å²) >= 11 is 0. The molecule has 7 nitrogen and oxygen atoms in total. The van der Waals surface area contributed by atoms with Crippen LogP contribution in [0.2, 0.25) is 0 Å². The van der Waals surface area contributed by atoms with Crippen LogP contribution in [-0.2, 0) is 28.5 Å². The van der Waals surface area contributed by atoms with Gasteiger partial charge in [0.2, 0.25) is 5.67 Å². The molecule has 2 bridgehead atoms. The van der Waals surface area contributed by atoms with Gasteiger partial charge in [-0.1, -0.05) is 6.58 Å². The minimum Gasteiger partial charge on any atom is -0.459 e. The van der Waals surface area contributed by atoms with Crippen LogP contribution in [0.25, 0.3) is 0 Å². The van der Waals surface area contributed by atoms with Gasteiger partial charge < -0.3 is 18.9 Å². The number of halogens is 1. The van der Waals surface area contributed by atoms with Crippen LogP contribution in [-0.4, -0.2) is 49.2 Å². The van der Waals surface area contributed by atoms with E-state index >= 15 is 0 Å². The van der Waals surface area contributed by atoms with Crippen LogP contribution in [0.3, 0.4) is 0 Å². The van der Waals surface area contributed by atoms with Crippen LogP contribution in [0.1, 0.15) is 19.8 Å². The topological polar surface area (TPSA) is 88.1 Å². The fraction of sp³-hybridized carbons (Fsp3) is 0.667. The van der Waals surface area contributed by atoms with E-state index in [-0.39, 0.29) is 31.1 Å². The Morgan fingerprint density at radius 1 is 1.39 bits per heavy atom. The highest BCUT2D eigenvalue weighted by Gasteiger charge is 2.72. The Kier molecular flexibility index (Phi) is 3.77. The van der Waals surface area contributed by atoms with Crippen molar-refractivity contribution in [2.45, 2.75) is 37.6 Å². The lowest BCUT2D eigenvalue weighted by atomic mass is 9.85. The van der Waals surface area contributed by atoms with Crippen molar-refractivity contribution in [2.75, 3.05) is 13.2 Å². The molecule has 0 radical (unpaired) electrons. The molecule has 8 heteroatoms. The van der Waals surface area contributed by atoms with Gasteiger partial charge in [0, 0.05) is 17.4 Å². The highest BCUT2D eigenvalue weighted by Crippen LogP contribution is 2.59. The molecule has 3 rings (SSSR count). The number of carbonyl (C=O) groups excluding carboxylic acids is 3. The molecular formula is C15H17FO7. The maximum atomic E-state index is 14.4. The van der Waals surface area contributed by atoms with E-state index in [4.69, 9.17) is 18.9 Å². The number of esters is 2. The van der Waals surface area contributed by atoms with Gasteiger partial charge in [-0.15, -0.1) is 0 Å². The van der Waals surface area contributed by atoms with Gasteiger partial charge >= 0.3 is 18.1 Å². The van der Waals surface area contributed by atoms with Crippen molar-refractivity contribution in [3.63, 3.8) is 0 Å². The molecule has 5 unspecified atom stereocenters. The molecule has 3 aliphatic rings. The summed E-state index contributed by atoms with van der Waals surface area (Å²) in [7, 11) is 0. The van der Waals surface area contributed by atoms with Gasteiger partial charge in [0.15, 0.2) is 0 Å². The van der Waals surface area contributed by atoms with Crippen molar-refractivity contribution in [3.05, 3.63) is 12.2 Å². The van der Waals surface area contributed by atoms with E-state index < -0.39 is 41.9 Å². The van der Waals surface area contributed by atoms with E-state index in [1.807, 2.05) is 0 Å². The number of carbonyl (C=O) groups is 3. The van der Waals surface area contributed by atoms with Crippen LogP contribution >= 0.6 is 0 Å². The fourth-order valence-corrected chi connectivity index (χ4v) is 3.57. The summed E-state index contributed by atoms with van der Waals surface area (Å²) in [5, 5.41) is 0. The van der Waals surface area contributed by atoms with Gasteiger partial charge in [-0.25, -0.2) is 18.8 Å². The van der Waals surface area contributed by atoms with E-state index in [2.05, 4.69) is 6.58 Å². The zero-order chi connectivity index (χ0) is 16.8. The molecule has 1 heterocycles. The Bertz CT molecular complexity index is 574. The van der Waals surface area contributed by atoms with Crippen molar-refractivity contribution in [2.24, 2.45) is 11.8 Å². The highest BCUT2D eigenvalue weighted by atomic mass is 19.1. The first-order chi connectivity index (χ1) is 10.8. The highest BCUT2D eigenvalue weighted by molar-refractivity contribution is 5.87. The number of alkyl halides is 1. The van der Waals surface area contributed by atoms with Gasteiger partial charge in [0.25, 0.3) is 0 Å².